The predicted octanol–water partition coefficient (Wildman–Crippen LogP) is 0.509. The van der Waals surface area contributed by atoms with Crippen LogP contribution in [0.4, 0.5) is 0 Å². The Morgan fingerprint density at radius 2 is 2.67 bits per heavy atom. The maximum Gasteiger partial charge on any atom is 0.358 e. The molecule has 1 rings (SSSR count). The molecule has 0 aromatic heterocycles. The molecule has 0 spiro atoms. The van der Waals surface area contributed by atoms with Gasteiger partial charge in [-0.2, -0.15) is 5.11 Å². The second-order valence-corrected chi connectivity index (χ2v) is 1.50. The van der Waals surface area contributed by atoms with Gasteiger partial charge in [0.2, 0.25) is 0 Å². The first kappa shape index (κ1) is 5.94. The van der Waals surface area contributed by atoms with E-state index in [2.05, 4.69) is 15.0 Å². The molecular formula is C5H6N2O2. The molecule has 0 radical (unpaired) electrons. The summed E-state index contributed by atoms with van der Waals surface area (Å²) in [6, 6.07) is 0. The number of esters is 1. The van der Waals surface area contributed by atoms with Gasteiger partial charge in [0, 0.05) is 0 Å². The number of carbonyl (C=O) groups excluding carboxylic acids is 1. The number of methoxy groups -OCH3 is 1. The highest BCUT2D eigenvalue weighted by Crippen LogP contribution is 2.05. The Labute approximate surface area is 52.2 Å². The molecule has 0 atom stereocenters. The van der Waals surface area contributed by atoms with Crippen LogP contribution in [-0.2, 0) is 9.53 Å². The fraction of sp³-hybridized carbons (Fsp3) is 0.400. The van der Waals surface area contributed by atoms with Crippen molar-refractivity contribution < 1.29 is 9.53 Å². The van der Waals surface area contributed by atoms with Crippen molar-refractivity contribution in [1.29, 1.82) is 0 Å². The lowest BCUT2D eigenvalue weighted by atomic mass is 10.4. The molecule has 1 aliphatic rings. The van der Waals surface area contributed by atoms with Crippen LogP contribution in [0.5, 0.6) is 0 Å². The van der Waals surface area contributed by atoms with Crippen LogP contribution in [0.25, 0.3) is 0 Å². The Morgan fingerprint density at radius 3 is 3.11 bits per heavy atom. The average Bonchev–Trinajstić information content (AvgIpc) is 2.37. The molecule has 1 aliphatic heterocycles. The van der Waals surface area contributed by atoms with E-state index in [1.165, 1.54) is 7.11 Å². The molecule has 0 aromatic rings. The molecule has 4 nitrogen and oxygen atoms in total. The van der Waals surface area contributed by atoms with Crippen LogP contribution >= 0.6 is 0 Å². The minimum atomic E-state index is -0.420. The van der Waals surface area contributed by atoms with E-state index in [4.69, 9.17) is 0 Å². The van der Waals surface area contributed by atoms with Crippen molar-refractivity contribution in [2.75, 3.05) is 13.7 Å². The summed E-state index contributed by atoms with van der Waals surface area (Å²) in [6.45, 7) is 0.491. The highest BCUT2D eigenvalue weighted by molar-refractivity contribution is 5.88. The zero-order valence-corrected chi connectivity index (χ0v) is 5.00. The highest BCUT2D eigenvalue weighted by Gasteiger charge is 2.10. The number of ether oxygens (including phenoxy) is 1. The first-order valence-electron chi connectivity index (χ1n) is 2.50. The van der Waals surface area contributed by atoms with E-state index in [-0.39, 0.29) is 0 Å². The van der Waals surface area contributed by atoms with Gasteiger partial charge in [0.05, 0.1) is 13.7 Å². The Hall–Kier alpha value is -1.19. The van der Waals surface area contributed by atoms with Crippen LogP contribution < -0.4 is 0 Å². The SMILES string of the molecule is COC(=O)C1=CCN=N1. The van der Waals surface area contributed by atoms with Crippen LogP contribution in [0.1, 0.15) is 0 Å². The molecule has 1 heterocycles. The number of rotatable bonds is 1. The zero-order chi connectivity index (χ0) is 6.69. The fourth-order valence-corrected chi connectivity index (χ4v) is 0.514. The quantitative estimate of drug-likeness (QED) is 0.480. The van der Waals surface area contributed by atoms with Gasteiger partial charge in [-0.1, -0.05) is 0 Å². The molecule has 0 N–H and O–H groups in total. The third kappa shape index (κ3) is 1.13. The minimum absolute atomic E-state index is 0.303. The maximum absolute atomic E-state index is 10.6. The van der Waals surface area contributed by atoms with Crippen molar-refractivity contribution in [1.82, 2.24) is 0 Å². The molecule has 0 bridgehead atoms. The largest absolute Gasteiger partial charge is 0.464 e. The lowest BCUT2D eigenvalue weighted by Gasteiger charge is -1.91. The van der Waals surface area contributed by atoms with E-state index >= 15 is 0 Å². The van der Waals surface area contributed by atoms with Crippen molar-refractivity contribution >= 4 is 5.97 Å². The summed E-state index contributed by atoms with van der Waals surface area (Å²) in [6.07, 6.45) is 1.62. The normalized spacial score (nSPS) is 15.4. The smallest absolute Gasteiger partial charge is 0.358 e. The molecule has 0 saturated heterocycles. The Balaban J connectivity index is 2.62. The molecule has 0 unspecified atom stereocenters. The lowest BCUT2D eigenvalue weighted by Crippen LogP contribution is -2.00. The van der Waals surface area contributed by atoms with Crippen molar-refractivity contribution in [3.63, 3.8) is 0 Å². The van der Waals surface area contributed by atoms with Crippen LogP contribution in [0.15, 0.2) is 22.0 Å². The van der Waals surface area contributed by atoms with Gasteiger partial charge >= 0.3 is 5.97 Å². The second kappa shape index (κ2) is 2.39. The summed E-state index contributed by atoms with van der Waals surface area (Å²) >= 11 is 0. The van der Waals surface area contributed by atoms with E-state index < -0.39 is 5.97 Å². The van der Waals surface area contributed by atoms with Gasteiger partial charge in [-0.15, -0.1) is 5.11 Å². The molecule has 0 fully saturated rings. The molecule has 0 amide bonds. The van der Waals surface area contributed by atoms with E-state index in [1.807, 2.05) is 0 Å². The van der Waals surface area contributed by atoms with Crippen molar-refractivity contribution in [2.24, 2.45) is 10.2 Å². The summed E-state index contributed by atoms with van der Waals surface area (Å²) in [4.78, 5) is 10.6. The third-order valence-electron chi connectivity index (χ3n) is 0.939. The highest BCUT2D eigenvalue weighted by atomic mass is 16.5. The minimum Gasteiger partial charge on any atom is -0.464 e. The summed E-state index contributed by atoms with van der Waals surface area (Å²) in [5.41, 5.74) is 0.303. The van der Waals surface area contributed by atoms with Crippen molar-refractivity contribution in [3.05, 3.63) is 11.8 Å². The molecule has 0 aliphatic carbocycles. The molecule has 0 saturated carbocycles. The molecule has 48 valence electrons. The topological polar surface area (TPSA) is 51.0 Å². The maximum atomic E-state index is 10.6. The van der Waals surface area contributed by atoms with Gasteiger partial charge in [-0.3, -0.25) is 0 Å². The summed E-state index contributed by atoms with van der Waals surface area (Å²) < 4.78 is 4.37. The van der Waals surface area contributed by atoms with Crippen LogP contribution in [0.3, 0.4) is 0 Å². The number of azo groups is 1. The van der Waals surface area contributed by atoms with E-state index in [9.17, 15) is 4.79 Å². The van der Waals surface area contributed by atoms with E-state index in [0.717, 1.165) is 0 Å². The Morgan fingerprint density at radius 1 is 1.89 bits per heavy atom. The predicted molar refractivity (Wildman–Crippen MR) is 29.8 cm³/mol. The lowest BCUT2D eigenvalue weighted by molar-refractivity contribution is -0.136. The number of hydrogen-bond acceptors (Lipinski definition) is 4. The summed E-state index contributed by atoms with van der Waals surface area (Å²) in [7, 11) is 1.32. The molecular weight excluding hydrogens is 120 g/mol. The van der Waals surface area contributed by atoms with Gasteiger partial charge in [0.15, 0.2) is 5.70 Å². The van der Waals surface area contributed by atoms with E-state index in [0.29, 0.717) is 12.2 Å². The van der Waals surface area contributed by atoms with Gasteiger partial charge in [-0.25, -0.2) is 4.79 Å². The summed E-state index contributed by atoms with van der Waals surface area (Å²) in [5.74, 6) is -0.420. The molecule has 9 heavy (non-hydrogen) atoms. The van der Waals surface area contributed by atoms with Crippen molar-refractivity contribution in [2.45, 2.75) is 0 Å². The van der Waals surface area contributed by atoms with Gasteiger partial charge < -0.3 is 4.74 Å². The van der Waals surface area contributed by atoms with Crippen molar-refractivity contribution in [3.8, 4) is 0 Å². The van der Waals surface area contributed by atoms with Gasteiger partial charge in [0.1, 0.15) is 0 Å². The molecule has 0 aromatic carbocycles. The van der Waals surface area contributed by atoms with Crippen LogP contribution in [0.2, 0.25) is 0 Å². The standard InChI is InChI=1S/C5H6N2O2/c1-9-5(8)4-2-3-6-7-4/h2H,3H2,1H3. The summed E-state index contributed by atoms with van der Waals surface area (Å²) in [5, 5.41) is 7.08. The fourth-order valence-electron chi connectivity index (χ4n) is 0.514. The zero-order valence-electron chi connectivity index (χ0n) is 5.00. The number of nitrogens with zero attached hydrogens (tertiary/aromatic N) is 2. The first-order chi connectivity index (χ1) is 4.34. The first-order valence-corrected chi connectivity index (χ1v) is 2.50. The number of hydrogen-bond donors (Lipinski definition) is 0. The Kier molecular flexibility index (Phi) is 1.58. The van der Waals surface area contributed by atoms with Crippen LogP contribution in [0, 0.1) is 0 Å². The third-order valence-corrected chi connectivity index (χ3v) is 0.939. The van der Waals surface area contributed by atoms with Crippen LogP contribution in [-0.4, -0.2) is 19.6 Å². The number of carbonyl (C=O) groups is 1. The van der Waals surface area contributed by atoms with E-state index in [1.54, 1.807) is 6.08 Å². The monoisotopic (exact) mass is 126 g/mol. The Bertz CT molecular complexity index is 183. The second-order valence-electron chi connectivity index (χ2n) is 1.50. The van der Waals surface area contributed by atoms with Gasteiger partial charge in [0.25, 0.3) is 0 Å². The van der Waals surface area contributed by atoms with Gasteiger partial charge in [-0.05, 0) is 6.08 Å². The molecule has 4 heteroatoms. The average molecular weight is 126 g/mol.